The van der Waals surface area contributed by atoms with Crippen LogP contribution in [0.5, 0.6) is 0 Å². The molecule has 0 aromatic carbocycles. The zero-order valence-electron chi connectivity index (χ0n) is 16.6. The van der Waals surface area contributed by atoms with Crippen LogP contribution in [-0.4, -0.2) is 47.5 Å². The standard InChI is InChI=1S/C19H41NO4S/c1-4-6-8-10-12-14-16-20(17-15-13-11-9-7-5-2)19(18(3)21)25(22,23)24/h18-19,21H,4-17H2,1-3H3,(H,22,23,24). The highest BCUT2D eigenvalue weighted by Crippen LogP contribution is 2.16. The van der Waals surface area contributed by atoms with Crippen molar-refractivity contribution in [2.45, 2.75) is 109 Å². The van der Waals surface area contributed by atoms with E-state index in [1.165, 1.54) is 45.4 Å². The lowest BCUT2D eigenvalue weighted by atomic mass is 10.1. The van der Waals surface area contributed by atoms with Crippen molar-refractivity contribution in [3.8, 4) is 0 Å². The van der Waals surface area contributed by atoms with Gasteiger partial charge in [0, 0.05) is 0 Å². The lowest BCUT2D eigenvalue weighted by Gasteiger charge is -2.31. The number of nitrogens with zero attached hydrogens (tertiary/aromatic N) is 1. The highest BCUT2D eigenvalue weighted by atomic mass is 32.2. The van der Waals surface area contributed by atoms with Gasteiger partial charge in [-0.15, -0.1) is 0 Å². The number of unbranched alkanes of at least 4 members (excludes halogenated alkanes) is 10. The lowest BCUT2D eigenvalue weighted by molar-refractivity contribution is 0.0946. The van der Waals surface area contributed by atoms with Gasteiger partial charge in [-0.05, 0) is 32.9 Å². The van der Waals surface area contributed by atoms with Crippen LogP contribution in [0.15, 0.2) is 0 Å². The molecule has 0 spiro atoms. The Hall–Kier alpha value is -0.170. The first-order valence-electron chi connectivity index (χ1n) is 10.2. The molecule has 25 heavy (non-hydrogen) atoms. The van der Waals surface area contributed by atoms with Crippen LogP contribution in [-0.2, 0) is 10.1 Å². The molecule has 2 unspecified atom stereocenters. The molecule has 0 amide bonds. The number of hydrogen-bond donors (Lipinski definition) is 2. The van der Waals surface area contributed by atoms with Gasteiger partial charge in [0.1, 0.15) is 0 Å². The van der Waals surface area contributed by atoms with Crippen molar-refractivity contribution >= 4 is 10.1 Å². The van der Waals surface area contributed by atoms with Crippen molar-refractivity contribution in [1.29, 1.82) is 0 Å². The van der Waals surface area contributed by atoms with Gasteiger partial charge < -0.3 is 5.11 Å². The molecule has 0 fully saturated rings. The maximum absolute atomic E-state index is 11.7. The van der Waals surface area contributed by atoms with E-state index >= 15 is 0 Å². The smallest absolute Gasteiger partial charge is 0.283 e. The predicted molar refractivity (Wildman–Crippen MR) is 105 cm³/mol. The highest BCUT2D eigenvalue weighted by Gasteiger charge is 2.33. The van der Waals surface area contributed by atoms with Crippen molar-refractivity contribution in [3.05, 3.63) is 0 Å². The van der Waals surface area contributed by atoms with Gasteiger partial charge in [0.15, 0.2) is 5.37 Å². The first-order valence-corrected chi connectivity index (χ1v) is 11.7. The Labute approximate surface area is 155 Å². The van der Waals surface area contributed by atoms with E-state index in [0.29, 0.717) is 13.1 Å². The molecule has 0 radical (unpaired) electrons. The van der Waals surface area contributed by atoms with E-state index in [1.54, 1.807) is 4.90 Å². The summed E-state index contributed by atoms with van der Waals surface area (Å²) in [6.45, 7) is 7.02. The minimum absolute atomic E-state index is 0.608. The van der Waals surface area contributed by atoms with Crippen LogP contribution in [0.3, 0.4) is 0 Å². The van der Waals surface area contributed by atoms with Gasteiger partial charge >= 0.3 is 0 Å². The van der Waals surface area contributed by atoms with E-state index in [9.17, 15) is 18.1 Å². The van der Waals surface area contributed by atoms with Gasteiger partial charge in [-0.3, -0.25) is 9.45 Å². The quantitative estimate of drug-likeness (QED) is 0.285. The first kappa shape index (κ1) is 24.8. The second-order valence-electron chi connectivity index (χ2n) is 7.22. The molecule has 0 heterocycles. The largest absolute Gasteiger partial charge is 0.391 e. The van der Waals surface area contributed by atoms with Crippen molar-refractivity contribution < 1.29 is 18.1 Å². The molecule has 0 aromatic rings. The van der Waals surface area contributed by atoms with Gasteiger partial charge in [0.25, 0.3) is 10.1 Å². The van der Waals surface area contributed by atoms with E-state index < -0.39 is 21.6 Å². The molecule has 0 aliphatic heterocycles. The Morgan fingerprint density at radius 3 is 1.44 bits per heavy atom. The third-order valence-corrected chi connectivity index (χ3v) is 5.98. The molecule has 5 nitrogen and oxygen atoms in total. The predicted octanol–water partition coefficient (Wildman–Crippen LogP) is 4.60. The third-order valence-electron chi connectivity index (χ3n) is 4.68. The van der Waals surface area contributed by atoms with Crippen LogP contribution < -0.4 is 0 Å². The van der Waals surface area contributed by atoms with Crippen molar-refractivity contribution in [3.63, 3.8) is 0 Å². The summed E-state index contributed by atoms with van der Waals surface area (Å²) in [5.41, 5.74) is 0. The molecule has 0 aliphatic carbocycles. The Morgan fingerprint density at radius 1 is 0.760 bits per heavy atom. The fourth-order valence-corrected chi connectivity index (χ4v) is 4.38. The van der Waals surface area contributed by atoms with Crippen LogP contribution in [0.25, 0.3) is 0 Å². The van der Waals surface area contributed by atoms with Gasteiger partial charge in [0.05, 0.1) is 6.10 Å². The molecule has 0 bridgehead atoms. The third kappa shape index (κ3) is 12.8. The maximum Gasteiger partial charge on any atom is 0.283 e. The number of aliphatic hydroxyl groups excluding tert-OH is 1. The number of hydrogen-bond acceptors (Lipinski definition) is 4. The second kappa shape index (κ2) is 14.9. The molecule has 0 rings (SSSR count). The molecule has 0 saturated heterocycles. The Kier molecular flexibility index (Phi) is 14.8. The van der Waals surface area contributed by atoms with Crippen LogP contribution in [0.4, 0.5) is 0 Å². The zero-order chi connectivity index (χ0) is 19.1. The van der Waals surface area contributed by atoms with E-state index in [2.05, 4.69) is 13.8 Å². The minimum Gasteiger partial charge on any atom is -0.391 e. The topological polar surface area (TPSA) is 77.8 Å². The molecule has 0 aliphatic rings. The van der Waals surface area contributed by atoms with Gasteiger partial charge in [0.2, 0.25) is 0 Å². The van der Waals surface area contributed by atoms with Gasteiger partial charge in [-0.2, -0.15) is 8.42 Å². The second-order valence-corrected chi connectivity index (χ2v) is 8.73. The molecule has 152 valence electrons. The Morgan fingerprint density at radius 2 is 1.12 bits per heavy atom. The summed E-state index contributed by atoms with van der Waals surface area (Å²) in [6.07, 6.45) is 12.5. The maximum atomic E-state index is 11.7. The normalized spacial score (nSPS) is 14.8. The number of rotatable bonds is 17. The summed E-state index contributed by atoms with van der Waals surface area (Å²) >= 11 is 0. The Balaban J connectivity index is 4.48. The van der Waals surface area contributed by atoms with E-state index in [0.717, 1.165) is 38.5 Å². The first-order chi connectivity index (χ1) is 11.8. The number of aliphatic hydroxyl groups is 1. The highest BCUT2D eigenvalue weighted by molar-refractivity contribution is 7.86. The van der Waals surface area contributed by atoms with Crippen LogP contribution in [0.2, 0.25) is 0 Å². The zero-order valence-corrected chi connectivity index (χ0v) is 17.4. The minimum atomic E-state index is -4.29. The fraction of sp³-hybridized carbons (Fsp3) is 1.00. The molecule has 0 saturated carbocycles. The van der Waals surface area contributed by atoms with Crippen molar-refractivity contribution in [2.75, 3.05) is 13.1 Å². The molecule has 2 atom stereocenters. The summed E-state index contributed by atoms with van der Waals surface area (Å²) in [5, 5.41) is 8.67. The summed E-state index contributed by atoms with van der Waals surface area (Å²) < 4.78 is 33.0. The van der Waals surface area contributed by atoms with E-state index in [-0.39, 0.29) is 0 Å². The Bertz CT molecular complexity index is 382. The average molecular weight is 380 g/mol. The molecular formula is C19H41NO4S. The molecule has 2 N–H and O–H groups in total. The SMILES string of the molecule is CCCCCCCCN(CCCCCCCC)C(C(C)O)S(=O)(=O)O. The van der Waals surface area contributed by atoms with Crippen LogP contribution in [0.1, 0.15) is 97.8 Å². The van der Waals surface area contributed by atoms with Crippen molar-refractivity contribution in [1.82, 2.24) is 4.90 Å². The van der Waals surface area contributed by atoms with Crippen molar-refractivity contribution in [2.24, 2.45) is 0 Å². The van der Waals surface area contributed by atoms with E-state index in [1.807, 2.05) is 0 Å². The summed E-state index contributed by atoms with van der Waals surface area (Å²) in [7, 11) is -4.29. The molecule has 0 aromatic heterocycles. The van der Waals surface area contributed by atoms with Crippen LogP contribution >= 0.6 is 0 Å². The molecular weight excluding hydrogens is 338 g/mol. The van der Waals surface area contributed by atoms with Gasteiger partial charge in [-0.1, -0.05) is 78.1 Å². The summed E-state index contributed by atoms with van der Waals surface area (Å²) in [6, 6.07) is 0. The van der Waals surface area contributed by atoms with E-state index in [4.69, 9.17) is 0 Å². The monoisotopic (exact) mass is 379 g/mol. The lowest BCUT2D eigenvalue weighted by Crippen LogP contribution is -2.48. The fourth-order valence-electron chi connectivity index (χ4n) is 3.30. The van der Waals surface area contributed by atoms with Crippen LogP contribution in [0, 0.1) is 0 Å². The average Bonchev–Trinajstić information content (AvgIpc) is 2.51. The van der Waals surface area contributed by atoms with Gasteiger partial charge in [-0.25, -0.2) is 0 Å². The summed E-state index contributed by atoms with van der Waals surface area (Å²) in [5.74, 6) is 0. The molecule has 6 heteroatoms. The summed E-state index contributed by atoms with van der Waals surface area (Å²) in [4.78, 5) is 1.76.